The van der Waals surface area contributed by atoms with Crippen LogP contribution >= 0.6 is 0 Å². The molecule has 3 aliphatic heterocycles. The highest BCUT2D eigenvalue weighted by molar-refractivity contribution is 6.05. The van der Waals surface area contributed by atoms with Gasteiger partial charge in [0.1, 0.15) is 17.6 Å². The Morgan fingerprint density at radius 2 is 1.92 bits per heavy atom. The number of aliphatic hydroxyl groups excluding tert-OH is 1. The lowest BCUT2D eigenvalue weighted by atomic mass is 9.65. The summed E-state index contributed by atoms with van der Waals surface area (Å²) in [7, 11) is 0. The van der Waals surface area contributed by atoms with E-state index in [-0.39, 0.29) is 25.0 Å². The number of benzene rings is 1. The van der Waals surface area contributed by atoms with E-state index in [4.69, 9.17) is 4.74 Å². The summed E-state index contributed by atoms with van der Waals surface area (Å²) >= 11 is 0. The third kappa shape index (κ3) is 3.83. The largest absolute Gasteiger partial charge is 0.481 e. The Hall–Kier alpha value is -2.71. The smallest absolute Gasteiger partial charge is 0.310 e. The monoisotopic (exact) mass is 512 g/mol. The molecule has 0 radical (unpaired) electrons. The average Bonchev–Trinajstić information content (AvgIpc) is 3.47. The molecule has 37 heavy (non-hydrogen) atoms. The van der Waals surface area contributed by atoms with Crippen molar-refractivity contribution in [2.24, 2.45) is 17.8 Å². The van der Waals surface area contributed by atoms with Crippen molar-refractivity contribution < 1.29 is 29.3 Å². The van der Waals surface area contributed by atoms with Gasteiger partial charge in [-0.2, -0.15) is 0 Å². The molecular weight excluding hydrogens is 472 g/mol. The number of hydrogen-bond acceptors (Lipinski definition) is 5. The van der Waals surface area contributed by atoms with Crippen molar-refractivity contribution in [3.8, 4) is 0 Å². The molecule has 0 aliphatic carbocycles. The first kappa shape index (κ1) is 27.3. The van der Waals surface area contributed by atoms with Crippen molar-refractivity contribution in [1.29, 1.82) is 0 Å². The highest BCUT2D eigenvalue weighted by atomic mass is 16.5. The molecule has 2 N–H and O–H groups in total. The summed E-state index contributed by atoms with van der Waals surface area (Å²) in [5.74, 6) is -3.92. The first-order chi connectivity index (χ1) is 17.5. The lowest BCUT2D eigenvalue weighted by Gasteiger charge is -2.41. The van der Waals surface area contributed by atoms with E-state index < -0.39 is 47.0 Å². The first-order valence-corrected chi connectivity index (χ1v) is 13.4. The van der Waals surface area contributed by atoms with Gasteiger partial charge in [-0.05, 0) is 50.2 Å². The van der Waals surface area contributed by atoms with Crippen LogP contribution in [0.4, 0.5) is 5.69 Å². The quantitative estimate of drug-likeness (QED) is 0.465. The fraction of sp³-hybridized carbons (Fsp3) is 0.621. The van der Waals surface area contributed by atoms with Gasteiger partial charge in [0.2, 0.25) is 5.91 Å². The normalized spacial score (nSPS) is 31.8. The zero-order chi connectivity index (χ0) is 27.3. The number of anilines is 1. The Balaban J connectivity index is 1.92. The van der Waals surface area contributed by atoms with Crippen LogP contribution in [0.15, 0.2) is 30.9 Å². The fourth-order valence-electron chi connectivity index (χ4n) is 7.28. The number of aliphatic carboxylic acids is 1. The third-order valence-corrected chi connectivity index (χ3v) is 9.25. The Labute approximate surface area is 219 Å². The van der Waals surface area contributed by atoms with Crippen LogP contribution in [0.1, 0.15) is 57.6 Å². The molecule has 3 aliphatic rings. The predicted molar refractivity (Wildman–Crippen MR) is 140 cm³/mol. The number of likely N-dealkylation sites (tertiary alicyclic amines) is 1. The van der Waals surface area contributed by atoms with Gasteiger partial charge in [0.15, 0.2) is 0 Å². The number of fused-ring (bicyclic) bond motifs is 1. The van der Waals surface area contributed by atoms with Crippen LogP contribution < -0.4 is 4.90 Å². The van der Waals surface area contributed by atoms with E-state index in [1.807, 2.05) is 52.8 Å². The highest BCUT2D eigenvalue weighted by Crippen LogP contribution is 2.64. The summed E-state index contributed by atoms with van der Waals surface area (Å²) in [5, 5.41) is 20.8. The van der Waals surface area contributed by atoms with Crippen LogP contribution in [-0.2, 0) is 19.1 Å². The van der Waals surface area contributed by atoms with Crippen molar-refractivity contribution >= 4 is 23.5 Å². The van der Waals surface area contributed by atoms with Gasteiger partial charge in [-0.3, -0.25) is 14.4 Å². The zero-order valence-electron chi connectivity index (χ0n) is 22.6. The maximum Gasteiger partial charge on any atom is 0.310 e. The summed E-state index contributed by atoms with van der Waals surface area (Å²) in [6, 6.07) is 4.12. The van der Waals surface area contributed by atoms with Crippen LogP contribution in [0.5, 0.6) is 0 Å². The molecule has 8 heteroatoms. The summed E-state index contributed by atoms with van der Waals surface area (Å²) in [6.07, 6.45) is 3.67. The summed E-state index contributed by atoms with van der Waals surface area (Å²) in [4.78, 5) is 44.6. The minimum absolute atomic E-state index is 0.104. The molecule has 0 aromatic heterocycles. The minimum atomic E-state index is -1.26. The maximum absolute atomic E-state index is 14.7. The van der Waals surface area contributed by atoms with Gasteiger partial charge in [-0.1, -0.05) is 51.5 Å². The number of para-hydroxylation sites is 1. The molecule has 4 rings (SSSR count). The van der Waals surface area contributed by atoms with Gasteiger partial charge < -0.3 is 24.7 Å². The fourth-order valence-corrected chi connectivity index (χ4v) is 7.28. The molecular formula is C29H40N2O6. The van der Waals surface area contributed by atoms with Crippen LogP contribution in [0, 0.1) is 31.6 Å². The van der Waals surface area contributed by atoms with E-state index in [0.717, 1.165) is 16.8 Å². The van der Waals surface area contributed by atoms with Crippen LogP contribution in [0.25, 0.3) is 0 Å². The first-order valence-electron chi connectivity index (χ1n) is 13.4. The number of amides is 2. The molecule has 3 saturated heterocycles. The van der Waals surface area contributed by atoms with E-state index in [2.05, 4.69) is 6.58 Å². The van der Waals surface area contributed by atoms with E-state index in [1.54, 1.807) is 11.0 Å². The number of aliphatic hydroxyl groups is 1. The van der Waals surface area contributed by atoms with E-state index >= 15 is 0 Å². The number of carboxylic acids is 1. The number of ether oxygens (including phenoxy) is 1. The number of hydrogen-bond donors (Lipinski definition) is 2. The van der Waals surface area contributed by atoms with Gasteiger partial charge in [0.05, 0.1) is 24.2 Å². The molecule has 1 aromatic carbocycles. The van der Waals surface area contributed by atoms with Crippen molar-refractivity contribution in [2.45, 2.75) is 83.6 Å². The van der Waals surface area contributed by atoms with Crippen LogP contribution in [0.3, 0.4) is 0 Å². The molecule has 2 unspecified atom stereocenters. The second-order valence-electron chi connectivity index (χ2n) is 11.0. The Morgan fingerprint density at radius 1 is 1.27 bits per heavy atom. The predicted octanol–water partition coefficient (Wildman–Crippen LogP) is 3.47. The second-order valence-corrected chi connectivity index (χ2v) is 11.0. The summed E-state index contributed by atoms with van der Waals surface area (Å²) < 4.78 is 6.66. The van der Waals surface area contributed by atoms with Crippen molar-refractivity contribution in [1.82, 2.24) is 4.90 Å². The molecule has 3 fully saturated rings. The highest BCUT2D eigenvalue weighted by Gasteiger charge is 2.79. The van der Waals surface area contributed by atoms with E-state index in [9.17, 15) is 24.6 Å². The standard InChI is InChI=1S/C29H40N2O6/c1-7-15-30(23-18(5)11-10-12-19(23)6)26(34)24-29-14-13-28(9-3,37-29)22(27(35)36)21(29)25(33)31(24)20(16-32)17(4)8-2/h7,10-12,17,20-22,24,32H,1,8-9,13-16H2,2-6H3,(H,35,36)/t17-,20-,21-,22+,24?,28-,29?/m0/s1. The Kier molecular flexibility index (Phi) is 7.29. The second kappa shape index (κ2) is 9.87. The molecule has 1 spiro atoms. The number of carbonyl (C=O) groups is 3. The minimum Gasteiger partial charge on any atom is -0.481 e. The lowest BCUT2D eigenvalue weighted by molar-refractivity contribution is -0.158. The lowest BCUT2D eigenvalue weighted by Crippen LogP contribution is -2.60. The zero-order valence-corrected chi connectivity index (χ0v) is 22.6. The molecule has 0 saturated carbocycles. The van der Waals surface area contributed by atoms with E-state index in [1.165, 1.54) is 4.90 Å². The van der Waals surface area contributed by atoms with Gasteiger partial charge in [-0.25, -0.2) is 0 Å². The van der Waals surface area contributed by atoms with Crippen molar-refractivity contribution in [3.63, 3.8) is 0 Å². The van der Waals surface area contributed by atoms with E-state index in [0.29, 0.717) is 25.7 Å². The van der Waals surface area contributed by atoms with Gasteiger partial charge in [0, 0.05) is 12.2 Å². The van der Waals surface area contributed by atoms with Crippen molar-refractivity contribution in [3.05, 3.63) is 42.0 Å². The van der Waals surface area contributed by atoms with Gasteiger partial charge >= 0.3 is 5.97 Å². The average molecular weight is 513 g/mol. The molecule has 3 heterocycles. The molecule has 2 amide bonds. The topological polar surface area (TPSA) is 107 Å². The molecule has 202 valence electrons. The van der Waals surface area contributed by atoms with Crippen LogP contribution in [-0.4, -0.2) is 69.3 Å². The van der Waals surface area contributed by atoms with Gasteiger partial charge in [0.25, 0.3) is 5.91 Å². The SMILES string of the molecule is C=CCN(C(=O)C1N([C@@H](CO)[C@@H](C)CC)C(=O)[C@@H]2[C@H](C(=O)O)[C@]3(CC)CCC12O3)c1c(C)cccc1C. The molecule has 7 atom stereocenters. The summed E-state index contributed by atoms with van der Waals surface area (Å²) in [5.41, 5.74) is 0.321. The third-order valence-electron chi connectivity index (χ3n) is 9.25. The number of carbonyl (C=O) groups excluding carboxylic acids is 2. The number of aryl methyl sites for hydroxylation is 2. The number of nitrogens with zero attached hydrogens (tertiary/aromatic N) is 2. The molecule has 1 aromatic rings. The Morgan fingerprint density at radius 3 is 2.43 bits per heavy atom. The Bertz CT molecular complexity index is 1080. The number of rotatable bonds is 10. The molecule has 8 nitrogen and oxygen atoms in total. The van der Waals surface area contributed by atoms with Gasteiger partial charge in [-0.15, -0.1) is 6.58 Å². The maximum atomic E-state index is 14.7. The summed E-state index contributed by atoms with van der Waals surface area (Å²) in [6.45, 7) is 13.4. The van der Waals surface area contributed by atoms with Crippen molar-refractivity contribution in [2.75, 3.05) is 18.1 Å². The van der Waals surface area contributed by atoms with Crippen LogP contribution in [0.2, 0.25) is 0 Å². The number of carboxylic acid groups (broad SMARTS) is 1. The molecule has 2 bridgehead atoms.